The topological polar surface area (TPSA) is 140 Å². The van der Waals surface area contributed by atoms with E-state index in [0.717, 1.165) is 23.0 Å². The summed E-state index contributed by atoms with van der Waals surface area (Å²) in [6, 6.07) is 7.90. The maximum atomic E-state index is 13.8. The van der Waals surface area contributed by atoms with Crippen molar-refractivity contribution in [2.75, 3.05) is 5.32 Å². The highest BCUT2D eigenvalue weighted by Gasteiger charge is 2.67. The molecule has 4 heterocycles. The Bertz CT molecular complexity index is 1750. The number of aldehydes is 1. The normalized spacial score (nSPS) is 21.0. The number of carbonyl (C=O) groups excluding carboxylic acids is 4. The lowest BCUT2D eigenvalue weighted by molar-refractivity contribution is -0.138. The number of aryl methyl sites for hydroxylation is 2. The van der Waals surface area contributed by atoms with E-state index in [4.69, 9.17) is 0 Å². The molecule has 3 atom stereocenters. The minimum Gasteiger partial charge on any atom is -0.325 e. The van der Waals surface area contributed by atoms with Gasteiger partial charge in [0.1, 0.15) is 40.8 Å². The first-order chi connectivity index (χ1) is 19.6. The zero-order valence-corrected chi connectivity index (χ0v) is 24.2. The van der Waals surface area contributed by atoms with Crippen LogP contribution in [0.25, 0.3) is 22.0 Å². The Hall–Kier alpha value is -4.32. The molecule has 1 N–H and O–H groups in total. The van der Waals surface area contributed by atoms with Crippen molar-refractivity contribution in [3.8, 4) is 11.1 Å². The number of hydrogen-bond acceptors (Lipinski definition) is 8. The van der Waals surface area contributed by atoms with Crippen LogP contribution in [0.3, 0.4) is 0 Å². The molecule has 1 saturated heterocycles. The van der Waals surface area contributed by atoms with Crippen LogP contribution in [-0.2, 0) is 20.9 Å². The largest absolute Gasteiger partial charge is 0.325 e. The molecule has 12 heteroatoms. The van der Waals surface area contributed by atoms with Crippen LogP contribution in [0.1, 0.15) is 41.6 Å². The fourth-order valence-electron chi connectivity index (χ4n) is 5.64. The van der Waals surface area contributed by atoms with Gasteiger partial charge in [0.2, 0.25) is 11.8 Å². The molecule has 0 unspecified atom stereocenters. The predicted octanol–water partition coefficient (Wildman–Crippen LogP) is 3.67. The lowest BCUT2D eigenvalue weighted by atomic mass is 10.0. The van der Waals surface area contributed by atoms with E-state index in [2.05, 4.69) is 41.3 Å². The quantitative estimate of drug-likeness (QED) is 0.189. The molecular formula is C29H26BrN7O4. The second kappa shape index (κ2) is 9.95. The molecule has 3 aromatic heterocycles. The first-order valence-corrected chi connectivity index (χ1v) is 13.9. The van der Waals surface area contributed by atoms with Crippen molar-refractivity contribution in [1.82, 2.24) is 29.6 Å². The van der Waals surface area contributed by atoms with E-state index < -0.39 is 17.4 Å². The number of pyridine rings is 1. The Kier molecular flexibility index (Phi) is 6.52. The number of anilines is 1. The maximum Gasteiger partial charge on any atom is 0.248 e. The summed E-state index contributed by atoms with van der Waals surface area (Å²) in [5.74, 6) is 0.0372. The van der Waals surface area contributed by atoms with Gasteiger partial charge in [-0.15, -0.1) is 0 Å². The molecule has 1 aliphatic carbocycles. The van der Waals surface area contributed by atoms with Gasteiger partial charge in [0.25, 0.3) is 0 Å². The van der Waals surface area contributed by atoms with Crippen molar-refractivity contribution in [1.29, 1.82) is 0 Å². The number of ketones is 1. The Labute approximate surface area is 243 Å². The van der Waals surface area contributed by atoms with E-state index in [0.29, 0.717) is 33.6 Å². The SMILES string of the molecule is CC(=O)c1nn(CC(=O)N2[C@H](C(=O)Nc3nc(Br)ccc3C)C[C@@]3(C=O)C[C@@H]23)c2ccc(-c3cnc(C)nc3)cc12. The molecule has 1 saturated carbocycles. The van der Waals surface area contributed by atoms with Crippen molar-refractivity contribution in [2.24, 2.45) is 5.41 Å². The van der Waals surface area contributed by atoms with Crippen LogP contribution in [0.4, 0.5) is 5.82 Å². The van der Waals surface area contributed by atoms with Crippen LogP contribution < -0.4 is 5.32 Å². The van der Waals surface area contributed by atoms with Gasteiger partial charge in [-0.25, -0.2) is 15.0 Å². The number of Topliss-reactive ketones (excluding diaryl/α,β-unsaturated/α-hetero) is 1. The van der Waals surface area contributed by atoms with E-state index >= 15 is 0 Å². The minimum absolute atomic E-state index is 0.194. The first-order valence-electron chi connectivity index (χ1n) is 13.1. The number of nitrogens with one attached hydrogen (secondary N) is 1. The smallest absolute Gasteiger partial charge is 0.248 e. The summed E-state index contributed by atoms with van der Waals surface area (Å²) in [5.41, 5.74) is 2.49. The van der Waals surface area contributed by atoms with Crippen LogP contribution in [0.15, 0.2) is 47.3 Å². The molecule has 2 aliphatic rings. The number of amides is 2. The summed E-state index contributed by atoms with van der Waals surface area (Å²) in [5, 5.41) is 7.92. The highest BCUT2D eigenvalue weighted by atomic mass is 79.9. The van der Waals surface area contributed by atoms with Crippen LogP contribution >= 0.6 is 15.9 Å². The van der Waals surface area contributed by atoms with Crippen LogP contribution in [-0.4, -0.2) is 65.6 Å². The molecular weight excluding hydrogens is 590 g/mol. The number of rotatable bonds is 7. The second-order valence-electron chi connectivity index (χ2n) is 10.7. The lowest BCUT2D eigenvalue weighted by Crippen LogP contribution is -2.47. The molecule has 41 heavy (non-hydrogen) atoms. The summed E-state index contributed by atoms with van der Waals surface area (Å²) in [7, 11) is 0. The molecule has 2 fully saturated rings. The van der Waals surface area contributed by atoms with Gasteiger partial charge < -0.3 is 15.0 Å². The van der Waals surface area contributed by atoms with Gasteiger partial charge in [-0.3, -0.25) is 19.1 Å². The van der Waals surface area contributed by atoms with Crippen LogP contribution in [0.2, 0.25) is 0 Å². The molecule has 4 aromatic rings. The second-order valence-corrected chi connectivity index (χ2v) is 11.5. The Morgan fingerprint density at radius 3 is 2.56 bits per heavy atom. The van der Waals surface area contributed by atoms with Crippen molar-refractivity contribution in [3.05, 3.63) is 64.4 Å². The molecule has 0 spiro atoms. The molecule has 2 amide bonds. The standard InChI is InChI=1S/C29H26BrN7O4/c1-15-4-7-24(30)33-27(15)34-28(41)22-9-29(14-38)10-23(29)37(22)25(40)13-36-21-6-5-18(19-11-31-17(3)32-12-19)8-20(21)26(35-36)16(2)39/h4-8,11-12,14,22-23H,9-10,13H2,1-3H3,(H,33,34,41)/t22-,23+,29-/m0/s1. The van der Waals surface area contributed by atoms with E-state index in [-0.39, 0.29) is 36.4 Å². The van der Waals surface area contributed by atoms with Crippen molar-refractivity contribution >= 4 is 56.5 Å². The van der Waals surface area contributed by atoms with Gasteiger partial charge in [-0.1, -0.05) is 12.1 Å². The summed E-state index contributed by atoms with van der Waals surface area (Å²) < 4.78 is 2.05. The Balaban J connectivity index is 1.30. The van der Waals surface area contributed by atoms with Gasteiger partial charge in [0.05, 0.1) is 10.9 Å². The van der Waals surface area contributed by atoms with Crippen molar-refractivity contribution in [3.63, 3.8) is 0 Å². The molecule has 1 aromatic carbocycles. The maximum absolute atomic E-state index is 13.8. The highest BCUT2D eigenvalue weighted by Crippen LogP contribution is 2.58. The van der Waals surface area contributed by atoms with Crippen LogP contribution in [0, 0.1) is 19.3 Å². The predicted molar refractivity (Wildman–Crippen MR) is 153 cm³/mol. The number of likely N-dealkylation sites (tertiary alicyclic amines) is 1. The molecule has 0 radical (unpaired) electrons. The van der Waals surface area contributed by atoms with E-state index in [1.54, 1.807) is 31.5 Å². The molecule has 6 rings (SSSR count). The molecule has 11 nitrogen and oxygen atoms in total. The first kappa shape index (κ1) is 26.9. The number of aromatic nitrogens is 5. The van der Waals surface area contributed by atoms with Crippen molar-refractivity contribution < 1.29 is 19.2 Å². The van der Waals surface area contributed by atoms with E-state index in [1.807, 2.05) is 25.1 Å². The molecule has 208 valence electrons. The summed E-state index contributed by atoms with van der Waals surface area (Å²) in [6.07, 6.45) is 5.04. The summed E-state index contributed by atoms with van der Waals surface area (Å²) in [6.45, 7) is 4.86. The van der Waals surface area contributed by atoms with Gasteiger partial charge in [0.15, 0.2) is 5.78 Å². The third kappa shape index (κ3) is 4.71. The minimum atomic E-state index is -0.839. The number of fused-ring (bicyclic) bond motifs is 2. The van der Waals surface area contributed by atoms with Gasteiger partial charge >= 0.3 is 0 Å². The fourth-order valence-corrected chi connectivity index (χ4v) is 5.94. The molecule has 1 aliphatic heterocycles. The number of benzene rings is 1. The third-order valence-corrected chi connectivity index (χ3v) is 8.38. The monoisotopic (exact) mass is 615 g/mol. The molecule has 0 bridgehead atoms. The van der Waals surface area contributed by atoms with E-state index in [1.165, 1.54) is 16.5 Å². The Morgan fingerprint density at radius 1 is 1.10 bits per heavy atom. The number of halogens is 1. The number of hydrogen-bond donors (Lipinski definition) is 1. The van der Waals surface area contributed by atoms with Crippen LogP contribution in [0.5, 0.6) is 0 Å². The van der Waals surface area contributed by atoms with Gasteiger partial charge in [0, 0.05) is 36.3 Å². The summed E-state index contributed by atoms with van der Waals surface area (Å²) in [4.78, 5) is 66.1. The van der Waals surface area contributed by atoms with Gasteiger partial charge in [-0.05, 0) is 71.9 Å². The highest BCUT2D eigenvalue weighted by molar-refractivity contribution is 9.10. The zero-order chi connectivity index (χ0) is 29.1. The fraction of sp³-hybridized carbons (Fsp3) is 0.310. The van der Waals surface area contributed by atoms with E-state index in [9.17, 15) is 19.2 Å². The number of nitrogens with zero attached hydrogens (tertiary/aromatic N) is 6. The number of piperidine rings is 1. The van der Waals surface area contributed by atoms with Gasteiger partial charge in [-0.2, -0.15) is 5.10 Å². The third-order valence-electron chi connectivity index (χ3n) is 7.94. The number of carbonyl (C=O) groups is 4. The summed E-state index contributed by atoms with van der Waals surface area (Å²) >= 11 is 3.32. The Morgan fingerprint density at radius 2 is 1.85 bits per heavy atom. The van der Waals surface area contributed by atoms with Crippen molar-refractivity contribution in [2.45, 2.75) is 52.2 Å². The zero-order valence-electron chi connectivity index (χ0n) is 22.6. The average Bonchev–Trinajstić information content (AvgIpc) is 3.38. The average molecular weight is 616 g/mol. The lowest BCUT2D eigenvalue weighted by Gasteiger charge is -2.27.